The predicted molar refractivity (Wildman–Crippen MR) is 35.5 cm³/mol. The van der Waals surface area contributed by atoms with E-state index in [1.807, 2.05) is 13.0 Å². The number of hydrogen-bond donors (Lipinski definition) is 1. The fourth-order valence-electron chi connectivity index (χ4n) is 0.344. The summed E-state index contributed by atoms with van der Waals surface area (Å²) in [5.41, 5.74) is 0. The van der Waals surface area contributed by atoms with E-state index in [1.54, 1.807) is 18.5 Å². The van der Waals surface area contributed by atoms with Crippen LogP contribution in [0.4, 0.5) is 0 Å². The summed E-state index contributed by atoms with van der Waals surface area (Å²) < 4.78 is 1.44. The molecule has 2 nitrogen and oxygen atoms in total. The Balaban J connectivity index is 3.79. The Morgan fingerprint density at radius 1 is 1.62 bits per heavy atom. The summed E-state index contributed by atoms with van der Waals surface area (Å²) in [7, 11) is 0. The molecule has 0 spiro atoms. The summed E-state index contributed by atoms with van der Waals surface area (Å²) in [4.78, 5) is 0. The quantitative estimate of drug-likeness (QED) is 0.241. The van der Waals surface area contributed by atoms with E-state index in [0.29, 0.717) is 0 Å². The summed E-state index contributed by atoms with van der Waals surface area (Å²) in [5.74, 6) is 5.31. The molecule has 2 N–H and O–H groups in total. The number of hydrazine groups is 1. The molecular weight excluding hydrogens is 100 g/mol. The molecule has 0 fully saturated rings. The number of hydrazone groups is 1. The van der Waals surface area contributed by atoms with Gasteiger partial charge in [-0.05, 0) is 19.1 Å². The van der Waals surface area contributed by atoms with Gasteiger partial charge in [0.2, 0.25) is 0 Å². The Morgan fingerprint density at radius 2 is 2.25 bits per heavy atom. The van der Waals surface area contributed by atoms with Crippen LogP contribution in [0.1, 0.15) is 6.92 Å². The Morgan fingerprint density at radius 3 is 2.62 bits per heavy atom. The first-order valence-electron chi connectivity index (χ1n) is 2.43. The van der Waals surface area contributed by atoms with Gasteiger partial charge in [-0.15, -0.1) is 0 Å². The molecule has 0 rings (SSSR count). The van der Waals surface area contributed by atoms with Crippen LogP contribution in [-0.4, -0.2) is 10.9 Å². The molecule has 2 heteroatoms. The Kier molecular flexibility index (Phi) is 3.58. The van der Waals surface area contributed by atoms with Crippen molar-refractivity contribution in [2.75, 3.05) is 0 Å². The van der Waals surface area contributed by atoms with E-state index in [9.17, 15) is 0 Å². The molecule has 0 aliphatic heterocycles. The molecule has 0 radical (unpaired) electrons. The minimum atomic E-state index is 1.44. The fourth-order valence-corrected chi connectivity index (χ4v) is 0.344. The molecule has 0 unspecified atom stereocenters. The third-order valence-corrected chi connectivity index (χ3v) is 0.599. The predicted octanol–water partition coefficient (Wildman–Crippen LogP) is 0.663. The van der Waals surface area contributed by atoms with E-state index in [4.69, 9.17) is 5.84 Å². The van der Waals surface area contributed by atoms with Crippen molar-refractivity contribution >= 4 is 6.21 Å². The Bertz CT molecular complexity index is 122. The smallest absolute Gasteiger partial charge is 0.198 e. The molecule has 0 aliphatic rings. The zero-order valence-corrected chi connectivity index (χ0v) is 5.04. The van der Waals surface area contributed by atoms with Crippen LogP contribution in [-0.2, 0) is 0 Å². The second-order valence-electron chi connectivity index (χ2n) is 1.31. The SMILES string of the molecule is C=C/C=[N+](N)\C=C/C. The minimum Gasteiger partial charge on any atom is -0.205 e. The van der Waals surface area contributed by atoms with E-state index < -0.39 is 0 Å². The molecule has 8 heavy (non-hydrogen) atoms. The fraction of sp³-hybridized carbons (Fsp3) is 0.167. The van der Waals surface area contributed by atoms with Gasteiger partial charge in [-0.3, -0.25) is 0 Å². The number of rotatable bonds is 2. The molecular formula is C6H11N2+. The molecule has 0 atom stereocenters. The average Bonchev–Trinajstić information content (AvgIpc) is 1.68. The lowest BCUT2D eigenvalue weighted by Gasteiger charge is -1.77. The average molecular weight is 111 g/mol. The number of hydrogen-bond acceptors (Lipinski definition) is 1. The molecule has 0 heterocycles. The third-order valence-electron chi connectivity index (χ3n) is 0.599. The van der Waals surface area contributed by atoms with Gasteiger partial charge in [-0.1, -0.05) is 11.3 Å². The highest BCUT2D eigenvalue weighted by molar-refractivity contribution is 5.65. The summed E-state index contributed by atoms with van der Waals surface area (Å²) in [6, 6.07) is 0. The highest BCUT2D eigenvalue weighted by Gasteiger charge is 1.79. The van der Waals surface area contributed by atoms with Crippen LogP contribution in [0.5, 0.6) is 0 Å². The van der Waals surface area contributed by atoms with Crippen molar-refractivity contribution < 1.29 is 4.68 Å². The van der Waals surface area contributed by atoms with Crippen LogP contribution in [0.2, 0.25) is 0 Å². The van der Waals surface area contributed by atoms with Crippen molar-refractivity contribution in [3.05, 3.63) is 24.9 Å². The van der Waals surface area contributed by atoms with Crippen molar-refractivity contribution in [3.8, 4) is 0 Å². The zero-order valence-electron chi connectivity index (χ0n) is 5.04. The van der Waals surface area contributed by atoms with Crippen molar-refractivity contribution in [2.24, 2.45) is 5.84 Å². The van der Waals surface area contributed by atoms with Crippen molar-refractivity contribution in [1.29, 1.82) is 0 Å². The molecule has 0 aromatic heterocycles. The van der Waals surface area contributed by atoms with Crippen LogP contribution in [0, 0.1) is 0 Å². The molecule has 0 amide bonds. The monoisotopic (exact) mass is 111 g/mol. The van der Waals surface area contributed by atoms with Gasteiger partial charge in [0.1, 0.15) is 0 Å². The van der Waals surface area contributed by atoms with Crippen LogP contribution >= 0.6 is 0 Å². The van der Waals surface area contributed by atoms with Gasteiger partial charge in [0, 0.05) is 0 Å². The summed E-state index contributed by atoms with van der Waals surface area (Å²) in [5, 5.41) is 0. The van der Waals surface area contributed by atoms with Crippen LogP contribution in [0.25, 0.3) is 0 Å². The largest absolute Gasteiger partial charge is 0.205 e. The first-order chi connectivity index (χ1) is 3.81. The zero-order chi connectivity index (χ0) is 6.41. The minimum absolute atomic E-state index is 1.44. The summed E-state index contributed by atoms with van der Waals surface area (Å²) in [6.07, 6.45) is 6.88. The lowest BCUT2D eigenvalue weighted by Crippen LogP contribution is -2.12. The second kappa shape index (κ2) is 4.12. The second-order valence-corrected chi connectivity index (χ2v) is 1.31. The number of nitrogens with two attached hydrogens (primary N) is 1. The summed E-state index contributed by atoms with van der Waals surface area (Å²) >= 11 is 0. The van der Waals surface area contributed by atoms with E-state index in [0.717, 1.165) is 0 Å². The van der Waals surface area contributed by atoms with Gasteiger partial charge in [0.05, 0.1) is 0 Å². The first-order valence-corrected chi connectivity index (χ1v) is 2.43. The van der Waals surface area contributed by atoms with Crippen molar-refractivity contribution in [2.45, 2.75) is 6.92 Å². The van der Waals surface area contributed by atoms with Gasteiger partial charge in [0.15, 0.2) is 12.4 Å². The highest BCUT2D eigenvalue weighted by Crippen LogP contribution is 1.65. The normalized spacial score (nSPS) is 12.4. The highest BCUT2D eigenvalue weighted by atomic mass is 15.3. The van der Waals surface area contributed by atoms with Gasteiger partial charge in [-0.2, -0.15) is 0 Å². The van der Waals surface area contributed by atoms with E-state index in [2.05, 4.69) is 6.58 Å². The van der Waals surface area contributed by atoms with Crippen LogP contribution in [0.15, 0.2) is 24.9 Å². The van der Waals surface area contributed by atoms with Crippen LogP contribution < -0.4 is 5.84 Å². The Labute approximate surface area is 49.6 Å². The number of nitrogens with zero attached hydrogens (tertiary/aromatic N) is 1. The first kappa shape index (κ1) is 6.95. The molecule has 44 valence electrons. The molecule has 0 aliphatic carbocycles. The van der Waals surface area contributed by atoms with Gasteiger partial charge < -0.3 is 0 Å². The standard InChI is InChI=1S/C6H11N2/c1-3-5-8(7)6-4-2/h3-6H,1,7H2,2H3/q+1/b6-4-,8-5+. The molecule has 0 aromatic rings. The Hall–Kier alpha value is -1.05. The molecule has 0 saturated heterocycles. The van der Waals surface area contributed by atoms with Gasteiger partial charge in [-0.25, -0.2) is 5.84 Å². The van der Waals surface area contributed by atoms with Gasteiger partial charge >= 0.3 is 0 Å². The molecule has 0 aromatic carbocycles. The lowest BCUT2D eigenvalue weighted by atomic mass is 10.6. The third kappa shape index (κ3) is 3.15. The van der Waals surface area contributed by atoms with Crippen molar-refractivity contribution in [1.82, 2.24) is 0 Å². The molecule has 0 saturated carbocycles. The van der Waals surface area contributed by atoms with Crippen LogP contribution in [0.3, 0.4) is 0 Å². The topological polar surface area (TPSA) is 29.0 Å². The maximum atomic E-state index is 5.31. The van der Waals surface area contributed by atoms with Gasteiger partial charge in [0.25, 0.3) is 0 Å². The molecule has 0 bridgehead atoms. The maximum absolute atomic E-state index is 5.31. The van der Waals surface area contributed by atoms with E-state index >= 15 is 0 Å². The van der Waals surface area contributed by atoms with E-state index in [1.165, 1.54) is 4.68 Å². The maximum Gasteiger partial charge on any atom is 0.198 e. The number of allylic oxidation sites excluding steroid dienone is 2. The van der Waals surface area contributed by atoms with E-state index in [-0.39, 0.29) is 0 Å². The van der Waals surface area contributed by atoms with Crippen molar-refractivity contribution in [3.63, 3.8) is 0 Å². The summed E-state index contributed by atoms with van der Waals surface area (Å²) in [6.45, 7) is 5.37. The lowest BCUT2D eigenvalue weighted by molar-refractivity contribution is -0.463.